The molecule has 0 fully saturated rings. The van der Waals surface area contributed by atoms with E-state index in [1.807, 2.05) is 42.5 Å². The Morgan fingerprint density at radius 1 is 1.06 bits per heavy atom. The smallest absolute Gasteiger partial charge is 0.0542 e. The number of hydrogen-bond acceptors (Lipinski definition) is 2. The largest absolute Gasteiger partial charge is 0.321 e. The maximum absolute atomic E-state index is 6.05. The Morgan fingerprint density at radius 3 is 2.53 bits per heavy atom. The van der Waals surface area contributed by atoms with Gasteiger partial charge < -0.3 is 5.43 Å². The normalized spacial score (nSPS) is 10.2. The molecule has 0 amide bonds. The zero-order chi connectivity index (χ0) is 12.1. The highest BCUT2D eigenvalue weighted by Crippen LogP contribution is 2.19. The molecule has 2 N–H and O–H groups in total. The number of hydrazine groups is 1. The van der Waals surface area contributed by atoms with Crippen molar-refractivity contribution in [3.05, 3.63) is 62.7 Å². The Balaban J connectivity index is 1.88. The van der Waals surface area contributed by atoms with Gasteiger partial charge in [0.1, 0.15) is 0 Å². The molecule has 4 heteroatoms. The predicted molar refractivity (Wildman–Crippen MR) is 81.1 cm³/mol. The van der Waals surface area contributed by atoms with Gasteiger partial charge in [-0.15, -0.1) is 0 Å². The molecule has 0 unspecified atom stereocenters. The second kappa shape index (κ2) is 6.23. The summed E-state index contributed by atoms with van der Waals surface area (Å²) in [5.74, 6) is 0. The number of rotatable bonds is 4. The molecule has 0 saturated heterocycles. The van der Waals surface area contributed by atoms with Crippen LogP contribution in [0.3, 0.4) is 0 Å². The number of hydrogen-bond donors (Lipinski definition) is 2. The molecule has 0 aromatic heterocycles. The maximum atomic E-state index is 6.05. The molecule has 88 valence electrons. The highest BCUT2D eigenvalue weighted by Gasteiger charge is 1.98. The second-order valence-electron chi connectivity index (χ2n) is 3.59. The average Bonchev–Trinajstić information content (AvgIpc) is 2.35. The van der Waals surface area contributed by atoms with E-state index in [9.17, 15) is 0 Å². The van der Waals surface area contributed by atoms with Crippen molar-refractivity contribution in [1.82, 2.24) is 5.43 Å². The van der Waals surface area contributed by atoms with Crippen LogP contribution in [0.25, 0.3) is 0 Å². The van der Waals surface area contributed by atoms with E-state index in [1.54, 1.807) is 0 Å². The summed E-state index contributed by atoms with van der Waals surface area (Å²) >= 11 is 8.27. The third-order valence-corrected chi connectivity index (χ3v) is 3.86. The number of para-hydroxylation sites is 1. The van der Waals surface area contributed by atoms with E-state index < -0.39 is 0 Å². The van der Waals surface area contributed by atoms with Gasteiger partial charge in [-0.3, -0.25) is 0 Å². The summed E-state index contributed by atoms with van der Waals surface area (Å²) in [6, 6.07) is 16.0. The molecule has 2 aromatic rings. The lowest BCUT2D eigenvalue weighted by Gasteiger charge is -2.08. The Morgan fingerprint density at radius 2 is 1.82 bits per heavy atom. The van der Waals surface area contributed by atoms with Crippen molar-refractivity contribution in [2.45, 2.75) is 6.54 Å². The molecule has 2 nitrogen and oxygen atoms in total. The number of anilines is 1. The number of nitrogens with one attached hydrogen (secondary N) is 2. The van der Waals surface area contributed by atoms with Crippen LogP contribution in [0.4, 0.5) is 5.69 Å². The van der Waals surface area contributed by atoms with E-state index in [0.29, 0.717) is 0 Å². The minimum Gasteiger partial charge on any atom is -0.321 e. The molecular formula is C13H12ClIN2. The van der Waals surface area contributed by atoms with Gasteiger partial charge in [-0.05, 0) is 52.4 Å². The fraction of sp³-hybridized carbons (Fsp3) is 0.0769. The molecule has 0 aliphatic carbocycles. The quantitative estimate of drug-likeness (QED) is 0.636. The summed E-state index contributed by atoms with van der Waals surface area (Å²) in [4.78, 5) is 0. The van der Waals surface area contributed by atoms with Gasteiger partial charge >= 0.3 is 0 Å². The van der Waals surface area contributed by atoms with Gasteiger partial charge in [0.25, 0.3) is 0 Å². The minimum atomic E-state index is 0.728. The van der Waals surface area contributed by atoms with E-state index in [-0.39, 0.29) is 0 Å². The van der Waals surface area contributed by atoms with Gasteiger partial charge in [-0.1, -0.05) is 35.9 Å². The Hall–Kier alpha value is -0.780. The Kier molecular flexibility index (Phi) is 4.65. The first kappa shape index (κ1) is 12.7. The summed E-state index contributed by atoms with van der Waals surface area (Å²) in [5.41, 5.74) is 8.48. The molecule has 0 spiro atoms. The van der Waals surface area contributed by atoms with Gasteiger partial charge in [-0.25, -0.2) is 5.43 Å². The zero-order valence-electron chi connectivity index (χ0n) is 9.08. The van der Waals surface area contributed by atoms with Crippen LogP contribution in [0, 0.1) is 3.57 Å². The Bertz CT molecular complexity index is 488. The fourth-order valence-corrected chi connectivity index (χ4v) is 1.96. The molecule has 2 rings (SSSR count). The minimum absolute atomic E-state index is 0.728. The summed E-state index contributed by atoms with van der Waals surface area (Å²) in [7, 11) is 0. The highest BCUT2D eigenvalue weighted by atomic mass is 127. The van der Waals surface area contributed by atoms with E-state index in [4.69, 9.17) is 11.6 Å². The van der Waals surface area contributed by atoms with Crippen molar-refractivity contribution in [2.24, 2.45) is 0 Å². The van der Waals surface area contributed by atoms with Crippen molar-refractivity contribution in [1.29, 1.82) is 0 Å². The highest BCUT2D eigenvalue weighted by molar-refractivity contribution is 14.1. The average molecular weight is 359 g/mol. The first-order chi connectivity index (χ1) is 8.25. The van der Waals surface area contributed by atoms with Gasteiger partial charge in [0, 0.05) is 15.8 Å². The molecule has 0 aliphatic rings. The number of benzene rings is 2. The first-order valence-corrected chi connectivity index (χ1v) is 6.69. The third kappa shape index (κ3) is 3.87. The lowest BCUT2D eigenvalue weighted by Crippen LogP contribution is -2.20. The SMILES string of the molecule is Clc1cc(CNNc2ccccc2)ccc1I. The van der Waals surface area contributed by atoms with E-state index in [1.165, 1.54) is 0 Å². The van der Waals surface area contributed by atoms with Crippen molar-refractivity contribution < 1.29 is 0 Å². The van der Waals surface area contributed by atoms with Crippen LogP contribution in [-0.2, 0) is 6.54 Å². The third-order valence-electron chi connectivity index (χ3n) is 2.28. The molecule has 17 heavy (non-hydrogen) atoms. The lowest BCUT2D eigenvalue weighted by atomic mass is 10.2. The monoisotopic (exact) mass is 358 g/mol. The molecule has 0 atom stereocenters. The van der Waals surface area contributed by atoms with Gasteiger partial charge in [0.2, 0.25) is 0 Å². The zero-order valence-corrected chi connectivity index (χ0v) is 12.0. The molecule has 0 aliphatic heterocycles. The summed E-state index contributed by atoms with van der Waals surface area (Å²) < 4.78 is 1.07. The summed E-state index contributed by atoms with van der Waals surface area (Å²) in [5, 5.41) is 0.796. The van der Waals surface area contributed by atoms with Crippen LogP contribution < -0.4 is 10.9 Å². The van der Waals surface area contributed by atoms with Crippen LogP contribution in [0.15, 0.2) is 48.5 Å². The van der Waals surface area contributed by atoms with Crippen LogP contribution >= 0.6 is 34.2 Å². The second-order valence-corrected chi connectivity index (χ2v) is 5.16. The van der Waals surface area contributed by atoms with Crippen LogP contribution in [0.1, 0.15) is 5.56 Å². The van der Waals surface area contributed by atoms with Crippen molar-refractivity contribution >= 4 is 39.9 Å². The standard InChI is InChI=1S/C13H12ClIN2/c14-12-8-10(6-7-13(12)15)9-16-17-11-4-2-1-3-5-11/h1-8,16-17H,9H2. The summed E-state index contributed by atoms with van der Waals surface area (Å²) in [6.45, 7) is 0.728. The molecule has 0 heterocycles. The fourth-order valence-electron chi connectivity index (χ4n) is 1.42. The first-order valence-electron chi connectivity index (χ1n) is 5.23. The topological polar surface area (TPSA) is 24.1 Å². The van der Waals surface area contributed by atoms with E-state index >= 15 is 0 Å². The van der Waals surface area contributed by atoms with E-state index in [2.05, 4.69) is 39.5 Å². The van der Waals surface area contributed by atoms with Crippen molar-refractivity contribution in [3.8, 4) is 0 Å². The lowest BCUT2D eigenvalue weighted by molar-refractivity contribution is 0.801. The van der Waals surface area contributed by atoms with Crippen molar-refractivity contribution in [2.75, 3.05) is 5.43 Å². The van der Waals surface area contributed by atoms with Crippen LogP contribution in [0.2, 0.25) is 5.02 Å². The van der Waals surface area contributed by atoms with Crippen molar-refractivity contribution in [3.63, 3.8) is 0 Å². The molecule has 2 aromatic carbocycles. The molecule has 0 radical (unpaired) electrons. The summed E-state index contributed by atoms with van der Waals surface area (Å²) in [6.07, 6.45) is 0. The maximum Gasteiger partial charge on any atom is 0.0542 e. The molecule has 0 saturated carbocycles. The van der Waals surface area contributed by atoms with Gasteiger partial charge in [0.15, 0.2) is 0 Å². The van der Waals surface area contributed by atoms with Gasteiger partial charge in [0.05, 0.1) is 5.02 Å². The molecular weight excluding hydrogens is 347 g/mol. The Labute approximate surface area is 119 Å². The van der Waals surface area contributed by atoms with Gasteiger partial charge in [-0.2, -0.15) is 0 Å². The van der Waals surface area contributed by atoms with E-state index in [0.717, 1.165) is 26.4 Å². The molecule has 0 bridgehead atoms. The number of halogens is 2. The predicted octanol–water partition coefficient (Wildman–Crippen LogP) is 4.06. The van der Waals surface area contributed by atoms with Crippen LogP contribution in [0.5, 0.6) is 0 Å². The van der Waals surface area contributed by atoms with Crippen LogP contribution in [-0.4, -0.2) is 0 Å².